The third-order valence-corrected chi connectivity index (χ3v) is 1.98. The molecule has 0 aliphatic carbocycles. The first-order valence-electron chi connectivity index (χ1n) is 4.53. The first-order chi connectivity index (χ1) is 7.15. The van der Waals surface area contributed by atoms with Gasteiger partial charge < -0.3 is 9.64 Å². The van der Waals surface area contributed by atoms with Crippen LogP contribution in [-0.4, -0.2) is 31.7 Å². The van der Waals surface area contributed by atoms with Crippen molar-refractivity contribution >= 4 is 11.8 Å². The van der Waals surface area contributed by atoms with E-state index in [-0.39, 0.29) is 18.2 Å². The second-order valence-electron chi connectivity index (χ2n) is 3.06. The monoisotopic (exact) mass is 212 g/mol. The maximum Gasteiger partial charge on any atom is 0.307 e. The van der Waals surface area contributed by atoms with Crippen LogP contribution in [-0.2, 0) is 9.53 Å². The number of hydrogen-bond acceptors (Lipinski definition) is 4. The molecule has 0 aliphatic heterocycles. The summed E-state index contributed by atoms with van der Waals surface area (Å²) in [5, 5.41) is 0. The van der Waals surface area contributed by atoms with Gasteiger partial charge in [-0.1, -0.05) is 0 Å². The molecule has 1 heterocycles. The highest BCUT2D eigenvalue weighted by Crippen LogP contribution is 2.13. The van der Waals surface area contributed by atoms with Gasteiger partial charge in [0, 0.05) is 19.8 Å². The molecule has 1 aromatic heterocycles. The zero-order valence-electron chi connectivity index (χ0n) is 8.74. The Balaban J connectivity index is 2.57. The molecule has 5 heteroatoms. The molecule has 0 fully saturated rings. The van der Waals surface area contributed by atoms with Gasteiger partial charge >= 0.3 is 5.97 Å². The molecule has 0 unspecified atom stereocenters. The molecule has 1 aromatic rings. The standard InChI is InChI=1S/C10H13FN2O2/c1-13(7-5-9(14)15-2)10-8(11)4-3-6-12-10/h3-4,6H,5,7H2,1-2H3. The van der Waals surface area contributed by atoms with E-state index in [0.717, 1.165) is 0 Å². The Labute approximate surface area is 87.7 Å². The van der Waals surface area contributed by atoms with E-state index in [0.29, 0.717) is 6.54 Å². The minimum Gasteiger partial charge on any atom is -0.469 e. The van der Waals surface area contributed by atoms with Crippen molar-refractivity contribution in [3.8, 4) is 0 Å². The van der Waals surface area contributed by atoms with Gasteiger partial charge in [0.2, 0.25) is 0 Å². The van der Waals surface area contributed by atoms with Gasteiger partial charge in [-0.15, -0.1) is 0 Å². The van der Waals surface area contributed by atoms with E-state index in [2.05, 4.69) is 9.72 Å². The second kappa shape index (κ2) is 5.29. The maximum atomic E-state index is 13.2. The zero-order chi connectivity index (χ0) is 11.3. The summed E-state index contributed by atoms with van der Waals surface area (Å²) in [5.41, 5.74) is 0. The van der Waals surface area contributed by atoms with E-state index < -0.39 is 5.82 Å². The molecule has 82 valence electrons. The normalized spacial score (nSPS) is 9.80. The van der Waals surface area contributed by atoms with Crippen LogP contribution < -0.4 is 4.90 Å². The summed E-state index contributed by atoms with van der Waals surface area (Å²) < 4.78 is 17.7. The van der Waals surface area contributed by atoms with E-state index in [1.807, 2.05) is 0 Å². The van der Waals surface area contributed by atoms with Crippen molar-refractivity contribution in [1.29, 1.82) is 0 Å². The number of rotatable bonds is 4. The van der Waals surface area contributed by atoms with Gasteiger partial charge in [-0.25, -0.2) is 9.37 Å². The molecule has 0 amide bonds. The number of pyridine rings is 1. The van der Waals surface area contributed by atoms with Gasteiger partial charge in [0.05, 0.1) is 13.5 Å². The van der Waals surface area contributed by atoms with Crippen LogP contribution in [0.2, 0.25) is 0 Å². The fourth-order valence-electron chi connectivity index (χ4n) is 1.13. The predicted octanol–water partition coefficient (Wildman–Crippen LogP) is 1.22. The molecule has 0 N–H and O–H groups in total. The number of carbonyl (C=O) groups excluding carboxylic acids is 1. The number of aromatic nitrogens is 1. The smallest absolute Gasteiger partial charge is 0.307 e. The average molecular weight is 212 g/mol. The number of esters is 1. The third-order valence-electron chi connectivity index (χ3n) is 1.98. The fourth-order valence-corrected chi connectivity index (χ4v) is 1.13. The molecule has 0 saturated heterocycles. The Morgan fingerprint density at radius 1 is 1.67 bits per heavy atom. The number of halogens is 1. The van der Waals surface area contributed by atoms with Crippen LogP contribution in [0, 0.1) is 5.82 Å². The van der Waals surface area contributed by atoms with Crippen LogP contribution in [0.3, 0.4) is 0 Å². The molecule has 0 radical (unpaired) electrons. The van der Waals surface area contributed by atoms with Gasteiger partial charge in [-0.2, -0.15) is 0 Å². The van der Waals surface area contributed by atoms with Crippen molar-refractivity contribution in [1.82, 2.24) is 4.98 Å². The maximum absolute atomic E-state index is 13.2. The lowest BCUT2D eigenvalue weighted by atomic mass is 10.3. The van der Waals surface area contributed by atoms with Gasteiger partial charge in [0.15, 0.2) is 11.6 Å². The summed E-state index contributed by atoms with van der Waals surface area (Å²) >= 11 is 0. The summed E-state index contributed by atoms with van der Waals surface area (Å²) in [6.45, 7) is 0.376. The van der Waals surface area contributed by atoms with Crippen molar-refractivity contribution in [3.05, 3.63) is 24.1 Å². The highest BCUT2D eigenvalue weighted by atomic mass is 19.1. The molecule has 0 aliphatic rings. The van der Waals surface area contributed by atoms with Crippen molar-refractivity contribution in [3.63, 3.8) is 0 Å². The van der Waals surface area contributed by atoms with E-state index in [1.165, 1.54) is 25.4 Å². The summed E-state index contributed by atoms with van der Waals surface area (Å²) in [5.74, 6) is -0.482. The molecular weight excluding hydrogens is 199 g/mol. The number of ether oxygens (including phenoxy) is 1. The number of anilines is 1. The van der Waals surface area contributed by atoms with E-state index in [1.54, 1.807) is 11.9 Å². The van der Waals surface area contributed by atoms with Crippen molar-refractivity contribution in [2.75, 3.05) is 25.6 Å². The number of carbonyl (C=O) groups is 1. The van der Waals surface area contributed by atoms with Crippen molar-refractivity contribution in [2.45, 2.75) is 6.42 Å². The molecule has 0 bridgehead atoms. The lowest BCUT2D eigenvalue weighted by molar-refractivity contribution is -0.140. The molecule has 0 aromatic carbocycles. The highest BCUT2D eigenvalue weighted by molar-refractivity contribution is 5.69. The molecule has 15 heavy (non-hydrogen) atoms. The summed E-state index contributed by atoms with van der Waals surface area (Å²) in [6.07, 6.45) is 1.72. The van der Waals surface area contributed by atoms with Crippen LogP contribution >= 0.6 is 0 Å². The van der Waals surface area contributed by atoms with Crippen LogP contribution in [0.1, 0.15) is 6.42 Å². The summed E-state index contributed by atoms with van der Waals surface area (Å²) in [4.78, 5) is 16.3. The number of nitrogens with zero attached hydrogens (tertiary/aromatic N) is 2. The first kappa shape index (κ1) is 11.4. The van der Waals surface area contributed by atoms with Crippen molar-refractivity contribution < 1.29 is 13.9 Å². The number of hydrogen-bond donors (Lipinski definition) is 0. The Morgan fingerprint density at radius 2 is 2.40 bits per heavy atom. The van der Waals surface area contributed by atoms with Crippen molar-refractivity contribution in [2.24, 2.45) is 0 Å². The SMILES string of the molecule is COC(=O)CCN(C)c1ncccc1F. The number of methoxy groups -OCH3 is 1. The summed E-state index contributed by atoms with van der Waals surface area (Å²) in [6, 6.07) is 2.85. The van der Waals surface area contributed by atoms with Gasteiger partial charge in [-0.3, -0.25) is 4.79 Å². The first-order valence-corrected chi connectivity index (χ1v) is 4.53. The van der Waals surface area contributed by atoms with Crippen LogP contribution in [0.5, 0.6) is 0 Å². The third kappa shape index (κ3) is 3.19. The minimum absolute atomic E-state index is 0.211. The van der Waals surface area contributed by atoms with E-state index in [9.17, 15) is 9.18 Å². The Kier molecular flexibility index (Phi) is 4.03. The molecule has 0 atom stereocenters. The molecular formula is C10H13FN2O2. The van der Waals surface area contributed by atoms with Crippen LogP contribution in [0.4, 0.5) is 10.2 Å². The fraction of sp³-hybridized carbons (Fsp3) is 0.400. The second-order valence-corrected chi connectivity index (χ2v) is 3.06. The van der Waals surface area contributed by atoms with E-state index >= 15 is 0 Å². The average Bonchev–Trinajstić information content (AvgIpc) is 2.26. The van der Waals surface area contributed by atoms with Gasteiger partial charge in [0.25, 0.3) is 0 Å². The Bertz CT molecular complexity index is 344. The van der Waals surface area contributed by atoms with Crippen LogP contribution in [0.15, 0.2) is 18.3 Å². The van der Waals surface area contributed by atoms with E-state index in [4.69, 9.17) is 0 Å². The molecule has 1 rings (SSSR count). The molecule has 0 saturated carbocycles. The minimum atomic E-state index is -0.398. The Morgan fingerprint density at radius 3 is 3.00 bits per heavy atom. The topological polar surface area (TPSA) is 42.4 Å². The quantitative estimate of drug-likeness (QED) is 0.704. The van der Waals surface area contributed by atoms with Gasteiger partial charge in [-0.05, 0) is 12.1 Å². The molecule has 0 spiro atoms. The zero-order valence-corrected chi connectivity index (χ0v) is 8.74. The lowest BCUT2D eigenvalue weighted by Gasteiger charge is -2.17. The lowest BCUT2D eigenvalue weighted by Crippen LogP contribution is -2.23. The largest absolute Gasteiger partial charge is 0.469 e. The summed E-state index contributed by atoms with van der Waals surface area (Å²) in [7, 11) is 3.00. The van der Waals surface area contributed by atoms with Gasteiger partial charge in [0.1, 0.15) is 0 Å². The molecule has 4 nitrogen and oxygen atoms in total. The predicted molar refractivity (Wildman–Crippen MR) is 54.1 cm³/mol. The Hall–Kier alpha value is -1.65. The van der Waals surface area contributed by atoms with Crippen LogP contribution in [0.25, 0.3) is 0 Å². The highest BCUT2D eigenvalue weighted by Gasteiger charge is 2.09.